The monoisotopic (exact) mass is 327 g/mol. The Kier molecular flexibility index (Phi) is 2.73. The van der Waals surface area contributed by atoms with E-state index in [0.29, 0.717) is 0 Å². The summed E-state index contributed by atoms with van der Waals surface area (Å²) in [6.45, 7) is 6.61. The quantitative estimate of drug-likeness (QED) is 0.319. The van der Waals surface area contributed by atoms with Crippen LogP contribution in [0, 0.1) is 20.8 Å². The summed E-state index contributed by atoms with van der Waals surface area (Å²) in [5, 5.41) is 3.87. The number of para-hydroxylation sites is 1. The second-order valence-corrected chi connectivity index (χ2v) is 6.82. The molecule has 122 valence electrons. The van der Waals surface area contributed by atoms with Gasteiger partial charge in [-0.05, 0) is 43.5 Å². The first-order chi connectivity index (χ1) is 12.1. The minimum Gasteiger partial charge on any atom is -0.227 e. The first-order valence-electron chi connectivity index (χ1n) is 8.52. The lowest BCUT2D eigenvalue weighted by molar-refractivity contribution is -0.619. The molecule has 0 aliphatic rings. The van der Waals surface area contributed by atoms with Gasteiger partial charge in [-0.25, -0.2) is 14.0 Å². The smallest absolute Gasteiger partial charge is 0.227 e. The lowest BCUT2D eigenvalue weighted by atomic mass is 9.94. The SMILES string of the molecule is Cc1cc(C)c2c3ccccc3n3c4nccnc4[n+](C)c3c2c1C. The highest BCUT2D eigenvalue weighted by molar-refractivity contribution is 6.15. The number of imidazole rings is 1. The van der Waals surface area contributed by atoms with Gasteiger partial charge in [-0.15, -0.1) is 4.98 Å². The van der Waals surface area contributed by atoms with Gasteiger partial charge in [-0.1, -0.05) is 24.3 Å². The van der Waals surface area contributed by atoms with Gasteiger partial charge in [-0.2, -0.15) is 0 Å². The summed E-state index contributed by atoms with van der Waals surface area (Å²) in [6, 6.07) is 10.9. The van der Waals surface area contributed by atoms with E-state index >= 15 is 0 Å². The molecule has 4 nitrogen and oxygen atoms in total. The molecule has 5 rings (SSSR count). The summed E-state index contributed by atoms with van der Waals surface area (Å²) in [4.78, 5) is 9.23. The molecule has 0 fully saturated rings. The third-order valence-electron chi connectivity index (χ3n) is 5.40. The fourth-order valence-electron chi connectivity index (χ4n) is 4.17. The molecule has 0 aliphatic heterocycles. The van der Waals surface area contributed by atoms with Gasteiger partial charge in [0.05, 0.1) is 18.6 Å². The summed E-state index contributed by atoms with van der Waals surface area (Å²) in [5.74, 6) is 0. The normalized spacial score (nSPS) is 12.0. The molecular weight excluding hydrogens is 308 g/mol. The molecule has 0 aliphatic carbocycles. The fourth-order valence-corrected chi connectivity index (χ4v) is 4.17. The molecule has 0 saturated heterocycles. The molecule has 2 aromatic carbocycles. The van der Waals surface area contributed by atoms with E-state index in [0.717, 1.165) is 16.9 Å². The molecule has 0 bridgehead atoms. The van der Waals surface area contributed by atoms with Crippen LogP contribution in [-0.2, 0) is 7.05 Å². The van der Waals surface area contributed by atoms with Gasteiger partial charge in [0.15, 0.2) is 0 Å². The van der Waals surface area contributed by atoms with Crippen molar-refractivity contribution in [2.45, 2.75) is 20.8 Å². The molecule has 25 heavy (non-hydrogen) atoms. The second-order valence-electron chi connectivity index (χ2n) is 6.82. The number of hydrogen-bond donors (Lipinski definition) is 0. The maximum absolute atomic E-state index is 4.64. The van der Waals surface area contributed by atoms with Gasteiger partial charge in [0.25, 0.3) is 5.65 Å². The van der Waals surface area contributed by atoms with E-state index in [9.17, 15) is 0 Å². The van der Waals surface area contributed by atoms with Crippen LogP contribution in [0.5, 0.6) is 0 Å². The van der Waals surface area contributed by atoms with Crippen molar-refractivity contribution in [1.82, 2.24) is 14.4 Å². The van der Waals surface area contributed by atoms with Crippen molar-refractivity contribution in [3.05, 3.63) is 59.4 Å². The van der Waals surface area contributed by atoms with Gasteiger partial charge in [0.2, 0.25) is 5.65 Å². The predicted octanol–water partition coefficient (Wildman–Crippen LogP) is 3.94. The van der Waals surface area contributed by atoms with E-state index in [4.69, 9.17) is 0 Å². The number of pyridine rings is 1. The van der Waals surface area contributed by atoms with Gasteiger partial charge < -0.3 is 0 Å². The lowest BCUT2D eigenvalue weighted by Gasteiger charge is -2.13. The van der Waals surface area contributed by atoms with Crippen LogP contribution in [0.3, 0.4) is 0 Å². The summed E-state index contributed by atoms with van der Waals surface area (Å²) in [6.07, 6.45) is 3.53. The highest BCUT2D eigenvalue weighted by Gasteiger charge is 2.25. The Bertz CT molecular complexity index is 1330. The molecule has 0 amide bonds. The largest absolute Gasteiger partial charge is 0.322 e. The van der Waals surface area contributed by atoms with Crippen molar-refractivity contribution in [2.24, 2.45) is 7.05 Å². The maximum Gasteiger partial charge on any atom is 0.322 e. The standard InChI is InChI=1S/C21H19N4/c1-12-11-13(2)17-15-7-5-6-8-16(15)25-20-19(22-9-10-23-20)24(4)21(25)18(17)14(12)3/h5-11H,1-4H3/q+1. The Morgan fingerprint density at radius 2 is 1.68 bits per heavy atom. The molecule has 3 aromatic heterocycles. The van der Waals surface area contributed by atoms with Crippen LogP contribution >= 0.6 is 0 Å². The highest BCUT2D eigenvalue weighted by atomic mass is 15.2. The minimum absolute atomic E-state index is 0.900. The van der Waals surface area contributed by atoms with Crippen LogP contribution in [0.25, 0.3) is 38.6 Å². The van der Waals surface area contributed by atoms with Crippen LogP contribution in [0.4, 0.5) is 0 Å². The Hall–Kier alpha value is -3.01. The Balaban J connectivity index is 2.31. The third kappa shape index (κ3) is 1.69. The molecule has 0 spiro atoms. The average molecular weight is 327 g/mol. The second kappa shape index (κ2) is 4.76. The predicted molar refractivity (Wildman–Crippen MR) is 101 cm³/mol. The van der Waals surface area contributed by atoms with Gasteiger partial charge in [-0.3, -0.25) is 0 Å². The van der Waals surface area contributed by atoms with Gasteiger partial charge in [0.1, 0.15) is 11.7 Å². The van der Waals surface area contributed by atoms with Crippen molar-refractivity contribution >= 4 is 38.6 Å². The summed E-state index contributed by atoms with van der Waals surface area (Å²) in [7, 11) is 2.08. The molecule has 0 radical (unpaired) electrons. The Labute approximate surface area is 145 Å². The summed E-state index contributed by atoms with van der Waals surface area (Å²) in [5.41, 5.74) is 8.06. The molecule has 0 saturated carbocycles. The number of aromatic nitrogens is 4. The van der Waals surface area contributed by atoms with Crippen LogP contribution in [-0.4, -0.2) is 14.4 Å². The topological polar surface area (TPSA) is 34.1 Å². The van der Waals surface area contributed by atoms with E-state index in [1.807, 2.05) is 0 Å². The van der Waals surface area contributed by atoms with E-state index < -0.39 is 0 Å². The van der Waals surface area contributed by atoms with Crippen molar-refractivity contribution < 1.29 is 4.57 Å². The molecule has 4 heteroatoms. The zero-order chi connectivity index (χ0) is 17.3. The third-order valence-corrected chi connectivity index (χ3v) is 5.40. The van der Waals surface area contributed by atoms with Crippen LogP contribution in [0.1, 0.15) is 16.7 Å². The Morgan fingerprint density at radius 1 is 0.920 bits per heavy atom. The van der Waals surface area contributed by atoms with Crippen molar-refractivity contribution in [3.8, 4) is 0 Å². The summed E-state index contributed by atoms with van der Waals surface area (Å²) >= 11 is 0. The lowest BCUT2D eigenvalue weighted by Crippen LogP contribution is -2.28. The maximum atomic E-state index is 4.64. The number of fused-ring (bicyclic) bond motifs is 8. The first kappa shape index (κ1) is 14.3. The van der Waals surface area contributed by atoms with Crippen molar-refractivity contribution in [3.63, 3.8) is 0 Å². The molecule has 0 N–H and O–H groups in total. The zero-order valence-corrected chi connectivity index (χ0v) is 14.8. The number of rotatable bonds is 0. The van der Waals surface area contributed by atoms with Crippen LogP contribution in [0.2, 0.25) is 0 Å². The van der Waals surface area contributed by atoms with Gasteiger partial charge >= 0.3 is 5.65 Å². The van der Waals surface area contributed by atoms with E-state index in [-0.39, 0.29) is 0 Å². The van der Waals surface area contributed by atoms with Crippen molar-refractivity contribution in [1.29, 1.82) is 0 Å². The van der Waals surface area contributed by atoms with E-state index in [2.05, 4.69) is 77.1 Å². The van der Waals surface area contributed by atoms with E-state index in [1.54, 1.807) is 12.4 Å². The number of nitrogens with zero attached hydrogens (tertiary/aromatic N) is 4. The zero-order valence-electron chi connectivity index (χ0n) is 14.8. The van der Waals surface area contributed by atoms with E-state index in [1.165, 1.54) is 38.4 Å². The minimum atomic E-state index is 0.900. The molecule has 0 unspecified atom stereocenters. The number of benzene rings is 2. The fraction of sp³-hybridized carbons (Fsp3) is 0.190. The number of hydrogen-bond acceptors (Lipinski definition) is 2. The van der Waals surface area contributed by atoms with Crippen LogP contribution in [0.15, 0.2) is 42.7 Å². The van der Waals surface area contributed by atoms with Crippen molar-refractivity contribution in [2.75, 3.05) is 0 Å². The average Bonchev–Trinajstić information content (AvgIpc) is 2.92. The summed E-state index contributed by atoms with van der Waals surface area (Å²) < 4.78 is 4.43. The molecule has 5 aromatic rings. The molecule has 3 heterocycles. The van der Waals surface area contributed by atoms with Crippen LogP contribution < -0.4 is 4.57 Å². The van der Waals surface area contributed by atoms with Gasteiger partial charge in [0, 0.05) is 10.8 Å². The number of aryl methyl sites for hydroxylation is 4. The molecular formula is C21H19N4+. The highest BCUT2D eigenvalue weighted by Crippen LogP contribution is 2.35. The Morgan fingerprint density at radius 3 is 2.52 bits per heavy atom. The first-order valence-corrected chi connectivity index (χ1v) is 8.52. The molecule has 0 atom stereocenters.